The first-order valence-corrected chi connectivity index (χ1v) is 4.60. The van der Waals surface area contributed by atoms with Crippen LogP contribution < -0.4 is 0 Å². The van der Waals surface area contributed by atoms with Crippen molar-refractivity contribution >= 4 is 0 Å². The molecule has 0 spiro atoms. The molecule has 0 aliphatic rings. The van der Waals surface area contributed by atoms with Crippen molar-refractivity contribution < 1.29 is 13.9 Å². The van der Waals surface area contributed by atoms with E-state index in [1.807, 2.05) is 6.92 Å². The van der Waals surface area contributed by atoms with Gasteiger partial charge in [-0.25, -0.2) is 0 Å². The average molecular weight is 178 g/mol. The Hall–Kier alpha value is -0.150. The highest BCUT2D eigenvalue weighted by molar-refractivity contribution is 4.37. The molecule has 0 saturated heterocycles. The lowest BCUT2D eigenvalue weighted by molar-refractivity contribution is -0.131. The standard InChI is InChI=1S/C9H19FO2/c1-3-4-7-11-9(2)12-8-5-6-10/h9H,3-8H2,1-2H3. The summed E-state index contributed by atoms with van der Waals surface area (Å²) in [5.74, 6) is 0. The van der Waals surface area contributed by atoms with E-state index in [9.17, 15) is 4.39 Å². The van der Waals surface area contributed by atoms with E-state index < -0.39 is 0 Å². The van der Waals surface area contributed by atoms with Crippen LogP contribution in [-0.4, -0.2) is 26.2 Å². The average Bonchev–Trinajstić information content (AvgIpc) is 2.06. The summed E-state index contributed by atoms with van der Waals surface area (Å²) in [6, 6.07) is 0. The van der Waals surface area contributed by atoms with Gasteiger partial charge < -0.3 is 9.47 Å². The van der Waals surface area contributed by atoms with Gasteiger partial charge in [-0.1, -0.05) is 13.3 Å². The molecule has 0 rings (SSSR count). The highest BCUT2D eigenvalue weighted by Gasteiger charge is 1.99. The molecule has 0 aliphatic carbocycles. The Kier molecular flexibility index (Phi) is 8.83. The van der Waals surface area contributed by atoms with Gasteiger partial charge in [-0.15, -0.1) is 0 Å². The van der Waals surface area contributed by atoms with Crippen molar-refractivity contribution in [2.75, 3.05) is 19.9 Å². The van der Waals surface area contributed by atoms with Crippen molar-refractivity contribution in [3.63, 3.8) is 0 Å². The van der Waals surface area contributed by atoms with Crippen LogP contribution in [0, 0.1) is 0 Å². The molecule has 3 heteroatoms. The molecule has 74 valence electrons. The third kappa shape index (κ3) is 7.95. The van der Waals surface area contributed by atoms with Gasteiger partial charge in [0.05, 0.1) is 13.3 Å². The van der Waals surface area contributed by atoms with Crippen molar-refractivity contribution in [2.45, 2.75) is 39.4 Å². The summed E-state index contributed by atoms with van der Waals surface area (Å²) in [7, 11) is 0. The van der Waals surface area contributed by atoms with Crippen LogP contribution in [0.2, 0.25) is 0 Å². The minimum absolute atomic E-state index is 0.192. The van der Waals surface area contributed by atoms with Gasteiger partial charge in [-0.05, 0) is 19.8 Å². The Morgan fingerprint density at radius 3 is 2.25 bits per heavy atom. The molecule has 0 radical (unpaired) electrons. The molecule has 0 fully saturated rings. The zero-order valence-corrected chi connectivity index (χ0v) is 8.01. The number of hydrogen-bond acceptors (Lipinski definition) is 2. The number of ether oxygens (including phenoxy) is 2. The fourth-order valence-electron chi connectivity index (χ4n) is 0.746. The summed E-state index contributed by atoms with van der Waals surface area (Å²) in [5.41, 5.74) is 0. The normalized spacial score (nSPS) is 13.2. The summed E-state index contributed by atoms with van der Waals surface area (Å²) < 4.78 is 22.1. The van der Waals surface area contributed by atoms with Crippen LogP contribution in [0.3, 0.4) is 0 Å². The molecular weight excluding hydrogens is 159 g/mol. The van der Waals surface area contributed by atoms with Crippen LogP contribution in [0.1, 0.15) is 33.1 Å². The van der Waals surface area contributed by atoms with Crippen molar-refractivity contribution in [1.82, 2.24) is 0 Å². The molecule has 0 aromatic rings. The van der Waals surface area contributed by atoms with Crippen LogP contribution >= 0.6 is 0 Å². The van der Waals surface area contributed by atoms with Gasteiger partial charge in [0.15, 0.2) is 6.29 Å². The van der Waals surface area contributed by atoms with Gasteiger partial charge in [-0.3, -0.25) is 4.39 Å². The first-order chi connectivity index (χ1) is 5.81. The lowest BCUT2D eigenvalue weighted by Gasteiger charge is -2.12. The molecule has 2 nitrogen and oxygen atoms in total. The van der Waals surface area contributed by atoms with E-state index in [1.165, 1.54) is 0 Å². The van der Waals surface area contributed by atoms with Crippen LogP contribution in [0.25, 0.3) is 0 Å². The monoisotopic (exact) mass is 178 g/mol. The predicted octanol–water partition coefficient (Wildman–Crippen LogP) is 2.53. The number of hydrogen-bond donors (Lipinski definition) is 0. The zero-order valence-electron chi connectivity index (χ0n) is 8.01. The molecule has 0 aromatic carbocycles. The molecule has 0 amide bonds. The first kappa shape index (κ1) is 11.8. The topological polar surface area (TPSA) is 18.5 Å². The summed E-state index contributed by atoms with van der Waals surface area (Å²) in [4.78, 5) is 0. The third-order valence-corrected chi connectivity index (χ3v) is 1.48. The fraction of sp³-hybridized carbons (Fsp3) is 1.00. The number of halogens is 1. The SMILES string of the molecule is CCCCOC(C)OCCCF. The maximum absolute atomic E-state index is 11.6. The largest absolute Gasteiger partial charge is 0.353 e. The van der Waals surface area contributed by atoms with E-state index in [0.29, 0.717) is 13.0 Å². The minimum Gasteiger partial charge on any atom is -0.353 e. The minimum atomic E-state index is -0.318. The molecule has 0 bridgehead atoms. The molecule has 0 aliphatic heterocycles. The van der Waals surface area contributed by atoms with Gasteiger partial charge in [0.2, 0.25) is 0 Å². The Morgan fingerprint density at radius 2 is 1.75 bits per heavy atom. The highest BCUT2D eigenvalue weighted by atomic mass is 19.1. The first-order valence-electron chi connectivity index (χ1n) is 4.60. The lowest BCUT2D eigenvalue weighted by Crippen LogP contribution is -2.14. The van der Waals surface area contributed by atoms with E-state index in [2.05, 4.69) is 6.92 Å². The zero-order chi connectivity index (χ0) is 9.23. The maximum Gasteiger partial charge on any atom is 0.154 e. The smallest absolute Gasteiger partial charge is 0.154 e. The van der Waals surface area contributed by atoms with Gasteiger partial charge in [0, 0.05) is 6.61 Å². The maximum atomic E-state index is 11.6. The second-order valence-corrected chi connectivity index (χ2v) is 2.71. The number of rotatable bonds is 8. The molecule has 0 heterocycles. The van der Waals surface area contributed by atoms with Crippen LogP contribution in [0.15, 0.2) is 0 Å². The summed E-state index contributed by atoms with van der Waals surface area (Å²) >= 11 is 0. The van der Waals surface area contributed by atoms with Gasteiger partial charge in [0.1, 0.15) is 0 Å². The summed E-state index contributed by atoms with van der Waals surface area (Å²) in [5, 5.41) is 0. The van der Waals surface area contributed by atoms with Crippen molar-refractivity contribution in [3.05, 3.63) is 0 Å². The van der Waals surface area contributed by atoms with Crippen molar-refractivity contribution in [3.8, 4) is 0 Å². The summed E-state index contributed by atoms with van der Waals surface area (Å²) in [6.07, 6.45) is 2.44. The second kappa shape index (κ2) is 8.94. The van der Waals surface area contributed by atoms with Crippen LogP contribution in [0.4, 0.5) is 4.39 Å². The molecule has 1 atom stereocenters. The Labute approximate surface area is 74.1 Å². The number of unbranched alkanes of at least 4 members (excludes halogenated alkanes) is 1. The van der Waals surface area contributed by atoms with Crippen LogP contribution in [0.5, 0.6) is 0 Å². The van der Waals surface area contributed by atoms with E-state index in [-0.39, 0.29) is 13.0 Å². The Balaban J connectivity index is 3.04. The fourth-order valence-corrected chi connectivity index (χ4v) is 0.746. The molecule has 0 aromatic heterocycles. The van der Waals surface area contributed by atoms with Crippen LogP contribution in [-0.2, 0) is 9.47 Å². The quantitative estimate of drug-likeness (QED) is 0.420. The Morgan fingerprint density at radius 1 is 1.17 bits per heavy atom. The summed E-state index contributed by atoms with van der Waals surface area (Å²) in [6.45, 7) is 4.81. The number of alkyl halides is 1. The third-order valence-electron chi connectivity index (χ3n) is 1.48. The molecule has 1 unspecified atom stereocenters. The second-order valence-electron chi connectivity index (χ2n) is 2.71. The lowest BCUT2D eigenvalue weighted by atomic mass is 10.4. The highest BCUT2D eigenvalue weighted by Crippen LogP contribution is 1.97. The molecular formula is C9H19FO2. The Bertz CT molecular complexity index is 78.6. The van der Waals surface area contributed by atoms with E-state index in [1.54, 1.807) is 0 Å². The van der Waals surface area contributed by atoms with E-state index >= 15 is 0 Å². The van der Waals surface area contributed by atoms with Crippen molar-refractivity contribution in [1.29, 1.82) is 0 Å². The molecule has 0 saturated carbocycles. The van der Waals surface area contributed by atoms with E-state index in [4.69, 9.17) is 9.47 Å². The van der Waals surface area contributed by atoms with E-state index in [0.717, 1.165) is 19.4 Å². The van der Waals surface area contributed by atoms with Gasteiger partial charge in [0.25, 0.3) is 0 Å². The predicted molar refractivity (Wildman–Crippen MR) is 46.9 cm³/mol. The molecule has 0 N–H and O–H groups in total. The van der Waals surface area contributed by atoms with Crippen molar-refractivity contribution in [2.24, 2.45) is 0 Å². The molecule has 12 heavy (non-hydrogen) atoms. The van der Waals surface area contributed by atoms with Gasteiger partial charge >= 0.3 is 0 Å². The van der Waals surface area contributed by atoms with Gasteiger partial charge in [-0.2, -0.15) is 0 Å².